The molecule has 0 bridgehead atoms. The quantitative estimate of drug-likeness (QED) is 0.0437. The number of rotatable bonds is 18. The van der Waals surface area contributed by atoms with Gasteiger partial charge < -0.3 is 14.8 Å². The number of ether oxygens (including phenoxy) is 2. The lowest BCUT2D eigenvalue weighted by Crippen LogP contribution is -2.31. The lowest BCUT2D eigenvalue weighted by Gasteiger charge is -2.11. The minimum atomic E-state index is -0.985. The Morgan fingerprint density at radius 1 is 0.826 bits per heavy atom. The molecule has 0 radical (unpaired) electrons. The predicted octanol–water partition coefficient (Wildman–Crippen LogP) is 5.04. The van der Waals surface area contributed by atoms with Crippen LogP contribution in [-0.4, -0.2) is 81.9 Å². The highest BCUT2D eigenvalue weighted by Crippen LogP contribution is 2.31. The SMILES string of the molecule is C.C.C=C(C)COOCCOC(=O)NCCOC(=O)C(CCCCN=C=O)N=C=O.O=C=Nc1cccc2c(N=C=O)cccc12. The number of nitrogens with zero attached hydrogens (tertiary/aromatic N) is 4. The first-order valence-electron chi connectivity index (χ1n) is 13.1. The van der Waals surface area contributed by atoms with Crippen molar-refractivity contribution in [2.75, 3.05) is 39.5 Å². The van der Waals surface area contributed by atoms with Crippen LogP contribution in [0, 0.1) is 0 Å². The number of isocyanates is 4. The maximum Gasteiger partial charge on any atom is 0.407 e. The van der Waals surface area contributed by atoms with Crippen molar-refractivity contribution in [3.05, 3.63) is 48.6 Å². The second kappa shape index (κ2) is 27.2. The van der Waals surface area contributed by atoms with Crippen LogP contribution in [0.15, 0.2) is 68.5 Å². The third-order valence-corrected chi connectivity index (χ3v) is 5.16. The van der Waals surface area contributed by atoms with Gasteiger partial charge in [-0.1, -0.05) is 51.3 Å². The van der Waals surface area contributed by atoms with E-state index in [2.05, 4.69) is 31.9 Å². The molecule has 0 aliphatic heterocycles. The lowest BCUT2D eigenvalue weighted by molar-refractivity contribution is -0.290. The summed E-state index contributed by atoms with van der Waals surface area (Å²) in [6.45, 7) is 5.87. The van der Waals surface area contributed by atoms with E-state index < -0.39 is 18.1 Å². The standard InChI is InChI=1S/C17H25N3O8.C12H6N2O2.2CH4/c1-14(2)11-28-27-10-9-26-17(24)19-7-8-25-16(23)15(20-13-22)5-3-4-6-18-12-21;15-7-13-11-5-1-3-9-10(11)4-2-6-12(9)14-8-16;;/h15H,1,3-11H2,2H3,(H,19,24);1-6H;2*1H4. The number of nitrogens with one attached hydrogen (secondary N) is 1. The molecule has 1 atom stereocenters. The molecule has 0 aliphatic carbocycles. The average molecular weight is 642 g/mol. The summed E-state index contributed by atoms with van der Waals surface area (Å²) in [5.41, 5.74) is 1.81. The first-order chi connectivity index (χ1) is 21.4. The fraction of sp³-hybridized carbons (Fsp3) is 0.419. The van der Waals surface area contributed by atoms with Crippen molar-refractivity contribution in [2.45, 2.75) is 47.1 Å². The summed E-state index contributed by atoms with van der Waals surface area (Å²) in [6.07, 6.45) is 6.33. The van der Waals surface area contributed by atoms with E-state index >= 15 is 0 Å². The van der Waals surface area contributed by atoms with Crippen LogP contribution in [0.2, 0.25) is 0 Å². The number of fused-ring (bicyclic) bond motifs is 1. The van der Waals surface area contributed by atoms with Crippen LogP contribution in [-0.2, 0) is 43.2 Å². The number of aliphatic imine (C=N–C) groups is 4. The molecule has 2 aromatic rings. The molecule has 15 nitrogen and oxygen atoms in total. The van der Waals surface area contributed by atoms with Crippen LogP contribution in [0.1, 0.15) is 41.0 Å². The van der Waals surface area contributed by atoms with Crippen LogP contribution in [0.4, 0.5) is 16.2 Å². The minimum Gasteiger partial charge on any atom is -0.462 e. The summed E-state index contributed by atoms with van der Waals surface area (Å²) in [4.78, 5) is 87.6. The van der Waals surface area contributed by atoms with Crippen LogP contribution < -0.4 is 5.32 Å². The molecule has 0 heterocycles. The van der Waals surface area contributed by atoms with Gasteiger partial charge in [-0.25, -0.2) is 43.5 Å². The second-order valence-electron chi connectivity index (χ2n) is 8.53. The molecule has 0 aromatic heterocycles. The summed E-state index contributed by atoms with van der Waals surface area (Å²) in [5, 5.41) is 3.88. The maximum absolute atomic E-state index is 11.9. The fourth-order valence-corrected chi connectivity index (χ4v) is 3.26. The van der Waals surface area contributed by atoms with Gasteiger partial charge in [0.15, 0.2) is 6.04 Å². The average Bonchev–Trinajstić information content (AvgIpc) is 3.01. The normalized spacial score (nSPS) is 9.76. The van der Waals surface area contributed by atoms with Crippen molar-refractivity contribution in [1.82, 2.24) is 5.32 Å². The van der Waals surface area contributed by atoms with Crippen LogP contribution in [0.5, 0.6) is 0 Å². The summed E-state index contributed by atoms with van der Waals surface area (Å²) < 4.78 is 9.75. The molecule has 248 valence electrons. The Balaban J connectivity index is 0. The van der Waals surface area contributed by atoms with Gasteiger partial charge in [-0.3, -0.25) is 0 Å². The van der Waals surface area contributed by atoms with Crippen molar-refractivity contribution in [1.29, 1.82) is 0 Å². The van der Waals surface area contributed by atoms with E-state index in [1.54, 1.807) is 43.3 Å². The molecule has 46 heavy (non-hydrogen) atoms. The minimum absolute atomic E-state index is 0. The highest BCUT2D eigenvalue weighted by atomic mass is 17.2. The Bertz CT molecular complexity index is 1380. The van der Waals surface area contributed by atoms with Crippen molar-refractivity contribution < 1.29 is 48.0 Å². The Labute approximate surface area is 267 Å². The molecule has 0 fully saturated rings. The van der Waals surface area contributed by atoms with E-state index in [4.69, 9.17) is 19.2 Å². The van der Waals surface area contributed by atoms with E-state index in [0.29, 0.717) is 24.2 Å². The summed E-state index contributed by atoms with van der Waals surface area (Å²) in [7, 11) is 0. The van der Waals surface area contributed by atoms with Gasteiger partial charge in [-0.15, -0.1) is 0 Å². The number of amides is 1. The topological polar surface area (TPSA) is 201 Å². The van der Waals surface area contributed by atoms with E-state index in [0.717, 1.165) is 16.3 Å². The van der Waals surface area contributed by atoms with Crippen molar-refractivity contribution in [3.8, 4) is 0 Å². The van der Waals surface area contributed by atoms with E-state index in [1.807, 2.05) is 0 Å². The zero-order valence-electron chi connectivity index (χ0n) is 24.0. The Kier molecular flexibility index (Phi) is 25.3. The summed E-state index contributed by atoms with van der Waals surface area (Å²) in [6, 6.07) is 9.49. The third-order valence-electron chi connectivity index (χ3n) is 5.16. The Hall–Kier alpha value is -5.38. The maximum atomic E-state index is 11.9. The lowest BCUT2D eigenvalue weighted by atomic mass is 10.1. The number of esters is 1. The monoisotopic (exact) mass is 641 g/mol. The summed E-state index contributed by atoms with van der Waals surface area (Å²) >= 11 is 0. The number of hydrogen-bond acceptors (Lipinski definition) is 14. The molecular weight excluding hydrogens is 602 g/mol. The molecule has 1 amide bonds. The number of carbonyl (C=O) groups is 2. The molecule has 1 N–H and O–H groups in total. The predicted molar refractivity (Wildman–Crippen MR) is 169 cm³/mol. The molecule has 15 heteroatoms. The Morgan fingerprint density at radius 2 is 1.46 bits per heavy atom. The van der Waals surface area contributed by atoms with Crippen molar-refractivity contribution >= 4 is 58.5 Å². The highest BCUT2D eigenvalue weighted by molar-refractivity contribution is 6.00. The van der Waals surface area contributed by atoms with Gasteiger partial charge >= 0.3 is 12.1 Å². The molecule has 0 aliphatic rings. The van der Waals surface area contributed by atoms with Crippen molar-refractivity contribution in [2.24, 2.45) is 20.0 Å². The summed E-state index contributed by atoms with van der Waals surface area (Å²) in [5.74, 6) is -0.708. The molecule has 1 unspecified atom stereocenters. The molecule has 2 rings (SSSR count). The van der Waals surface area contributed by atoms with E-state index in [1.165, 1.54) is 24.3 Å². The molecule has 2 aromatic carbocycles. The number of unbranched alkanes of at least 4 members (excludes halogenated alkanes) is 1. The number of benzene rings is 2. The van der Waals surface area contributed by atoms with Gasteiger partial charge in [0.25, 0.3) is 0 Å². The molecule has 0 saturated heterocycles. The second-order valence-corrected chi connectivity index (χ2v) is 8.53. The van der Waals surface area contributed by atoms with Gasteiger partial charge in [0.05, 0.1) is 24.5 Å². The van der Waals surface area contributed by atoms with Gasteiger partial charge in [0.1, 0.15) is 26.4 Å². The molecule has 0 spiro atoms. The Morgan fingerprint density at radius 3 is 2.00 bits per heavy atom. The highest BCUT2D eigenvalue weighted by Gasteiger charge is 2.18. The molecule has 0 saturated carbocycles. The van der Waals surface area contributed by atoms with Gasteiger partial charge in [-0.2, -0.15) is 15.0 Å². The zero-order valence-corrected chi connectivity index (χ0v) is 24.0. The largest absolute Gasteiger partial charge is 0.462 e. The van der Waals surface area contributed by atoms with Gasteiger partial charge in [0.2, 0.25) is 24.3 Å². The first kappa shape index (κ1) is 42.8. The smallest absolute Gasteiger partial charge is 0.407 e. The number of carbonyl (C=O) groups excluding carboxylic acids is 6. The zero-order chi connectivity index (χ0) is 32.4. The van der Waals surface area contributed by atoms with Crippen LogP contribution in [0.25, 0.3) is 10.8 Å². The first-order valence-corrected chi connectivity index (χ1v) is 13.1. The van der Waals surface area contributed by atoms with Gasteiger partial charge in [0, 0.05) is 10.8 Å². The fourth-order valence-electron chi connectivity index (χ4n) is 3.26. The van der Waals surface area contributed by atoms with Gasteiger partial charge in [-0.05, 0) is 38.3 Å². The number of hydrogen-bond donors (Lipinski definition) is 1. The van der Waals surface area contributed by atoms with E-state index in [-0.39, 0.29) is 60.8 Å². The third kappa shape index (κ3) is 18.3. The van der Waals surface area contributed by atoms with Crippen LogP contribution in [0.3, 0.4) is 0 Å². The number of alkyl carbamates (subject to hydrolysis) is 1. The molecular formula is C31H39N5O10. The van der Waals surface area contributed by atoms with Crippen LogP contribution >= 0.6 is 0 Å². The van der Waals surface area contributed by atoms with Crippen molar-refractivity contribution in [3.63, 3.8) is 0 Å². The van der Waals surface area contributed by atoms with E-state index in [9.17, 15) is 28.8 Å².